The van der Waals surface area contributed by atoms with Crippen LogP contribution in [-0.2, 0) is 12.7 Å². The number of hydrogen-bond acceptors (Lipinski definition) is 1. The van der Waals surface area contributed by atoms with E-state index in [0.717, 1.165) is 12.1 Å². The third-order valence-corrected chi connectivity index (χ3v) is 3.28. The molecular formula is C15H12ClF4N. The highest BCUT2D eigenvalue weighted by Crippen LogP contribution is 2.32. The largest absolute Gasteiger partial charge is 0.416 e. The fourth-order valence-corrected chi connectivity index (χ4v) is 2.05. The summed E-state index contributed by atoms with van der Waals surface area (Å²) in [5.41, 5.74) is 0.496. The highest BCUT2D eigenvalue weighted by atomic mass is 35.5. The summed E-state index contributed by atoms with van der Waals surface area (Å²) in [7, 11) is 0. The zero-order valence-electron chi connectivity index (χ0n) is 11.1. The average Bonchev–Trinajstić information content (AvgIpc) is 2.40. The van der Waals surface area contributed by atoms with Crippen LogP contribution in [0.4, 0.5) is 23.2 Å². The molecule has 0 heterocycles. The van der Waals surface area contributed by atoms with Crippen LogP contribution >= 0.6 is 11.6 Å². The van der Waals surface area contributed by atoms with E-state index in [4.69, 9.17) is 11.6 Å². The van der Waals surface area contributed by atoms with Gasteiger partial charge in [-0.15, -0.1) is 0 Å². The third kappa shape index (κ3) is 3.88. The molecule has 112 valence electrons. The second kappa shape index (κ2) is 5.93. The lowest BCUT2D eigenvalue weighted by Gasteiger charge is -2.14. The summed E-state index contributed by atoms with van der Waals surface area (Å²) in [5.74, 6) is -0.462. The normalized spacial score (nSPS) is 11.5. The average molecular weight is 318 g/mol. The van der Waals surface area contributed by atoms with Crippen molar-refractivity contribution in [1.82, 2.24) is 0 Å². The summed E-state index contributed by atoms with van der Waals surface area (Å²) >= 11 is 5.77. The van der Waals surface area contributed by atoms with Crippen LogP contribution in [0.5, 0.6) is 0 Å². The lowest BCUT2D eigenvalue weighted by Crippen LogP contribution is -2.08. The van der Waals surface area contributed by atoms with E-state index in [1.54, 1.807) is 6.92 Å². The number of benzene rings is 2. The Morgan fingerprint density at radius 2 is 1.81 bits per heavy atom. The van der Waals surface area contributed by atoms with Crippen molar-refractivity contribution in [2.75, 3.05) is 5.32 Å². The van der Waals surface area contributed by atoms with Gasteiger partial charge in [0.25, 0.3) is 0 Å². The van der Waals surface area contributed by atoms with Crippen molar-refractivity contribution in [2.24, 2.45) is 0 Å². The van der Waals surface area contributed by atoms with E-state index in [0.29, 0.717) is 21.8 Å². The van der Waals surface area contributed by atoms with Crippen molar-refractivity contribution in [3.63, 3.8) is 0 Å². The highest BCUT2D eigenvalue weighted by Gasteiger charge is 2.30. The van der Waals surface area contributed by atoms with Crippen molar-refractivity contribution >= 4 is 17.3 Å². The van der Waals surface area contributed by atoms with Gasteiger partial charge < -0.3 is 5.32 Å². The van der Waals surface area contributed by atoms with E-state index in [9.17, 15) is 17.6 Å². The highest BCUT2D eigenvalue weighted by molar-refractivity contribution is 6.30. The van der Waals surface area contributed by atoms with Gasteiger partial charge in [-0.2, -0.15) is 13.2 Å². The Morgan fingerprint density at radius 1 is 1.10 bits per heavy atom. The van der Waals surface area contributed by atoms with Gasteiger partial charge in [-0.05, 0) is 42.8 Å². The molecule has 0 unspecified atom stereocenters. The summed E-state index contributed by atoms with van der Waals surface area (Å²) in [6, 6.07) is 7.47. The van der Waals surface area contributed by atoms with E-state index in [1.165, 1.54) is 24.3 Å². The molecule has 6 heteroatoms. The van der Waals surface area contributed by atoms with Crippen molar-refractivity contribution in [2.45, 2.75) is 19.6 Å². The smallest absolute Gasteiger partial charge is 0.381 e. The van der Waals surface area contributed by atoms with Crippen LogP contribution in [0.15, 0.2) is 36.4 Å². The van der Waals surface area contributed by atoms with Gasteiger partial charge in [0.1, 0.15) is 5.82 Å². The predicted molar refractivity (Wildman–Crippen MR) is 74.9 cm³/mol. The fraction of sp³-hybridized carbons (Fsp3) is 0.200. The van der Waals surface area contributed by atoms with Crippen molar-refractivity contribution in [3.05, 3.63) is 63.9 Å². The first-order valence-electron chi connectivity index (χ1n) is 6.13. The van der Waals surface area contributed by atoms with Gasteiger partial charge in [-0.25, -0.2) is 4.39 Å². The molecule has 0 aromatic heterocycles. The molecule has 2 aromatic carbocycles. The van der Waals surface area contributed by atoms with Gasteiger partial charge in [0.05, 0.1) is 5.56 Å². The Bertz CT molecular complexity index is 653. The molecule has 2 aromatic rings. The fourth-order valence-electron chi connectivity index (χ4n) is 1.86. The summed E-state index contributed by atoms with van der Waals surface area (Å²) in [5, 5.41) is 3.18. The molecule has 0 radical (unpaired) electrons. The first-order valence-corrected chi connectivity index (χ1v) is 6.51. The third-order valence-electron chi connectivity index (χ3n) is 3.04. The van der Waals surface area contributed by atoms with Crippen LogP contribution in [0.25, 0.3) is 0 Å². The van der Waals surface area contributed by atoms with Gasteiger partial charge in [0, 0.05) is 22.8 Å². The first kappa shape index (κ1) is 15.6. The van der Waals surface area contributed by atoms with E-state index in [-0.39, 0.29) is 6.54 Å². The van der Waals surface area contributed by atoms with Crippen molar-refractivity contribution in [3.8, 4) is 0 Å². The van der Waals surface area contributed by atoms with Crippen LogP contribution < -0.4 is 5.32 Å². The Kier molecular flexibility index (Phi) is 4.42. The lowest BCUT2D eigenvalue weighted by atomic mass is 10.1. The molecule has 1 N–H and O–H groups in total. The summed E-state index contributed by atoms with van der Waals surface area (Å²) in [6.07, 6.45) is -4.41. The topological polar surface area (TPSA) is 12.0 Å². The minimum Gasteiger partial charge on any atom is -0.381 e. The zero-order chi connectivity index (χ0) is 15.6. The quantitative estimate of drug-likeness (QED) is 0.745. The number of nitrogens with one attached hydrogen (secondary N) is 1. The summed E-state index contributed by atoms with van der Waals surface area (Å²) < 4.78 is 51.6. The molecule has 0 fully saturated rings. The Morgan fingerprint density at radius 3 is 2.48 bits per heavy atom. The molecule has 0 atom stereocenters. The molecule has 0 aliphatic carbocycles. The predicted octanol–water partition coefficient (Wildman–Crippen LogP) is 5.42. The lowest BCUT2D eigenvalue weighted by molar-refractivity contribution is -0.137. The minimum atomic E-state index is -4.41. The van der Waals surface area contributed by atoms with Crippen LogP contribution in [0.1, 0.15) is 16.7 Å². The van der Waals surface area contributed by atoms with E-state index >= 15 is 0 Å². The zero-order valence-corrected chi connectivity index (χ0v) is 11.8. The molecule has 1 nitrogen and oxygen atoms in total. The number of hydrogen-bond donors (Lipinski definition) is 1. The number of alkyl halides is 3. The molecule has 0 aliphatic heterocycles. The van der Waals surface area contributed by atoms with Gasteiger partial charge >= 0.3 is 6.18 Å². The van der Waals surface area contributed by atoms with Gasteiger partial charge in [0.15, 0.2) is 0 Å². The number of anilines is 1. The maximum absolute atomic E-state index is 13.6. The second-order valence-corrected chi connectivity index (χ2v) is 5.05. The molecule has 0 aliphatic rings. The van der Waals surface area contributed by atoms with E-state index in [1.807, 2.05) is 0 Å². The maximum Gasteiger partial charge on any atom is 0.416 e. The second-order valence-electron chi connectivity index (χ2n) is 4.62. The summed E-state index contributed by atoms with van der Waals surface area (Å²) in [4.78, 5) is 0. The van der Waals surface area contributed by atoms with E-state index in [2.05, 4.69) is 5.32 Å². The summed E-state index contributed by atoms with van der Waals surface area (Å²) in [6.45, 7) is 1.73. The van der Waals surface area contributed by atoms with E-state index < -0.39 is 17.6 Å². The van der Waals surface area contributed by atoms with Gasteiger partial charge in [-0.1, -0.05) is 17.7 Å². The maximum atomic E-state index is 13.6. The van der Waals surface area contributed by atoms with Crippen molar-refractivity contribution in [1.29, 1.82) is 0 Å². The van der Waals surface area contributed by atoms with Gasteiger partial charge in [0.2, 0.25) is 0 Å². The molecule has 0 saturated carbocycles. The Hall–Kier alpha value is -1.75. The molecule has 0 saturated heterocycles. The number of aryl methyl sites for hydroxylation is 1. The van der Waals surface area contributed by atoms with Crippen LogP contribution in [0.3, 0.4) is 0 Å². The number of halogens is 5. The van der Waals surface area contributed by atoms with Crippen LogP contribution in [-0.4, -0.2) is 0 Å². The molecule has 21 heavy (non-hydrogen) atoms. The Balaban J connectivity index is 2.22. The monoisotopic (exact) mass is 317 g/mol. The van der Waals surface area contributed by atoms with Gasteiger partial charge in [-0.3, -0.25) is 0 Å². The Labute approximate surface area is 124 Å². The molecule has 0 bridgehead atoms. The first-order chi connectivity index (χ1) is 9.77. The molecule has 2 rings (SSSR count). The number of rotatable bonds is 3. The van der Waals surface area contributed by atoms with Crippen molar-refractivity contribution < 1.29 is 17.6 Å². The minimum absolute atomic E-state index is 0.0501. The molecule has 0 amide bonds. The molecule has 0 spiro atoms. The molecular weight excluding hydrogens is 306 g/mol. The van der Waals surface area contributed by atoms with Crippen LogP contribution in [0, 0.1) is 12.7 Å². The standard InChI is InChI=1S/C15H12ClF4N/c1-9-2-3-11(15(18,19)20)7-14(9)21-8-10-6-12(16)4-5-13(10)17/h2-7,21H,8H2,1H3. The van der Waals surface area contributed by atoms with Crippen LogP contribution in [0.2, 0.25) is 5.02 Å². The SMILES string of the molecule is Cc1ccc(C(F)(F)F)cc1NCc1cc(Cl)ccc1F.